The first-order valence-corrected chi connectivity index (χ1v) is 10.3. The van der Waals surface area contributed by atoms with Crippen LogP contribution in [0.5, 0.6) is 0 Å². The number of carbonyl (C=O) groups excluding carboxylic acids is 1. The number of anilines is 1. The third-order valence-corrected chi connectivity index (χ3v) is 6.36. The highest BCUT2D eigenvalue weighted by Gasteiger charge is 2.20. The van der Waals surface area contributed by atoms with E-state index in [1.165, 1.54) is 17.0 Å². The smallest absolute Gasteiger partial charge is 0.226 e. The van der Waals surface area contributed by atoms with E-state index in [0.717, 1.165) is 46.3 Å². The summed E-state index contributed by atoms with van der Waals surface area (Å²) in [6.45, 7) is 8.28. The van der Waals surface area contributed by atoms with Crippen LogP contribution in [0.25, 0.3) is 5.65 Å². The first-order valence-electron chi connectivity index (χ1n) is 9.51. The fourth-order valence-electron chi connectivity index (χ4n) is 3.82. The van der Waals surface area contributed by atoms with Crippen molar-refractivity contribution in [2.75, 3.05) is 5.32 Å². The molecule has 0 fully saturated rings. The van der Waals surface area contributed by atoms with Gasteiger partial charge in [-0.3, -0.25) is 4.79 Å². The minimum atomic E-state index is 0.00434. The summed E-state index contributed by atoms with van der Waals surface area (Å²) in [5.41, 5.74) is 6.08. The number of amides is 1. The van der Waals surface area contributed by atoms with Gasteiger partial charge in [0.2, 0.25) is 5.91 Å². The lowest BCUT2D eigenvalue weighted by Crippen LogP contribution is -2.14. The molecule has 1 unspecified atom stereocenters. The molecule has 6 nitrogen and oxygen atoms in total. The first-order chi connectivity index (χ1) is 12.9. The second-order valence-corrected chi connectivity index (χ2v) is 8.69. The van der Waals surface area contributed by atoms with Crippen LogP contribution in [0.1, 0.15) is 53.0 Å². The van der Waals surface area contributed by atoms with Crippen LogP contribution < -0.4 is 5.32 Å². The Bertz CT molecular complexity index is 1020. The lowest BCUT2D eigenvalue weighted by molar-refractivity contribution is -0.116. The Kier molecular flexibility index (Phi) is 4.72. The number of nitrogens with one attached hydrogen (secondary N) is 1. The summed E-state index contributed by atoms with van der Waals surface area (Å²) >= 11 is 1.63. The molecular formula is C20H25N5OS. The molecule has 0 aliphatic heterocycles. The quantitative estimate of drug-likeness (QED) is 0.744. The minimum Gasteiger partial charge on any atom is -0.302 e. The topological polar surface area (TPSA) is 72.2 Å². The van der Waals surface area contributed by atoms with Gasteiger partial charge in [-0.1, -0.05) is 6.92 Å². The number of nitrogens with zero attached hydrogens (tertiary/aromatic N) is 4. The molecule has 142 valence electrons. The van der Waals surface area contributed by atoms with Gasteiger partial charge in [0, 0.05) is 28.8 Å². The SMILES string of the molecule is Cc1cc2nc(C)c(CCC(=O)Nc3nc4c(s3)CC(C)CC4)c(C)n2n1. The van der Waals surface area contributed by atoms with Crippen LogP contribution in [-0.2, 0) is 24.1 Å². The molecule has 0 saturated heterocycles. The molecule has 0 aromatic carbocycles. The number of aryl methyl sites for hydroxylation is 4. The third-order valence-electron chi connectivity index (χ3n) is 5.32. The lowest BCUT2D eigenvalue weighted by Gasteiger charge is -2.15. The molecule has 0 saturated carbocycles. The van der Waals surface area contributed by atoms with Crippen molar-refractivity contribution in [3.05, 3.63) is 39.3 Å². The van der Waals surface area contributed by atoms with Crippen LogP contribution in [0.4, 0.5) is 5.13 Å². The van der Waals surface area contributed by atoms with Gasteiger partial charge in [-0.15, -0.1) is 11.3 Å². The monoisotopic (exact) mass is 383 g/mol. The van der Waals surface area contributed by atoms with Crippen molar-refractivity contribution in [2.45, 2.75) is 59.8 Å². The standard InChI is InChI=1S/C20H25N5OS/c1-11-5-7-16-17(9-11)27-20(22-16)23-19(26)8-6-15-13(3)21-18-10-12(2)24-25(18)14(15)4/h10-11H,5-9H2,1-4H3,(H,22,23,26). The number of carbonyl (C=O) groups is 1. The number of hydrogen-bond acceptors (Lipinski definition) is 5. The molecule has 1 N–H and O–H groups in total. The molecule has 7 heteroatoms. The number of fused-ring (bicyclic) bond motifs is 2. The van der Waals surface area contributed by atoms with Crippen molar-refractivity contribution < 1.29 is 4.79 Å². The number of rotatable bonds is 4. The Morgan fingerprint density at radius 3 is 2.96 bits per heavy atom. The predicted molar refractivity (Wildman–Crippen MR) is 107 cm³/mol. The van der Waals surface area contributed by atoms with Gasteiger partial charge in [0.15, 0.2) is 10.8 Å². The van der Waals surface area contributed by atoms with Crippen LogP contribution in [-0.4, -0.2) is 25.5 Å². The molecule has 0 spiro atoms. The van der Waals surface area contributed by atoms with Gasteiger partial charge < -0.3 is 5.32 Å². The van der Waals surface area contributed by atoms with E-state index in [2.05, 4.69) is 27.3 Å². The van der Waals surface area contributed by atoms with Gasteiger partial charge in [0.05, 0.1) is 11.4 Å². The van der Waals surface area contributed by atoms with Gasteiger partial charge in [-0.25, -0.2) is 14.5 Å². The second-order valence-electron chi connectivity index (χ2n) is 7.60. The fourth-order valence-corrected chi connectivity index (χ4v) is 5.00. The third kappa shape index (κ3) is 3.60. The average Bonchev–Trinajstić information content (AvgIpc) is 3.16. The van der Waals surface area contributed by atoms with E-state index < -0.39 is 0 Å². The molecule has 1 aliphatic carbocycles. The van der Waals surface area contributed by atoms with E-state index in [1.54, 1.807) is 11.3 Å². The maximum absolute atomic E-state index is 12.5. The van der Waals surface area contributed by atoms with Crippen molar-refractivity contribution in [1.29, 1.82) is 0 Å². The molecule has 3 aromatic heterocycles. The van der Waals surface area contributed by atoms with E-state index in [0.29, 0.717) is 18.8 Å². The van der Waals surface area contributed by atoms with Crippen LogP contribution in [0.2, 0.25) is 0 Å². The Balaban J connectivity index is 1.44. The molecule has 0 radical (unpaired) electrons. The average molecular weight is 384 g/mol. The van der Waals surface area contributed by atoms with Crippen LogP contribution in [0.15, 0.2) is 6.07 Å². The van der Waals surface area contributed by atoms with E-state index in [4.69, 9.17) is 0 Å². The summed E-state index contributed by atoms with van der Waals surface area (Å²) < 4.78 is 1.87. The Morgan fingerprint density at radius 2 is 2.15 bits per heavy atom. The van der Waals surface area contributed by atoms with Crippen molar-refractivity contribution >= 4 is 28.0 Å². The maximum atomic E-state index is 12.5. The van der Waals surface area contributed by atoms with E-state index in [-0.39, 0.29) is 5.91 Å². The fraction of sp³-hybridized carbons (Fsp3) is 0.500. The van der Waals surface area contributed by atoms with E-state index >= 15 is 0 Å². The Hall–Kier alpha value is -2.28. The molecule has 1 amide bonds. The summed E-state index contributed by atoms with van der Waals surface area (Å²) in [6.07, 6.45) is 4.35. The van der Waals surface area contributed by atoms with Gasteiger partial charge in [-0.2, -0.15) is 5.10 Å². The number of hydrogen-bond donors (Lipinski definition) is 1. The molecule has 3 aromatic rings. The second kappa shape index (κ2) is 7.03. The zero-order valence-corrected chi connectivity index (χ0v) is 17.1. The lowest BCUT2D eigenvalue weighted by atomic mass is 9.93. The van der Waals surface area contributed by atoms with Crippen molar-refractivity contribution in [3.63, 3.8) is 0 Å². The Labute approximate surface area is 163 Å². The predicted octanol–water partition coefficient (Wildman–Crippen LogP) is 3.81. The normalized spacial score (nSPS) is 16.5. The summed E-state index contributed by atoms with van der Waals surface area (Å²) in [5, 5.41) is 8.23. The minimum absolute atomic E-state index is 0.00434. The highest BCUT2D eigenvalue weighted by atomic mass is 32.1. The van der Waals surface area contributed by atoms with Crippen LogP contribution in [0, 0.1) is 26.7 Å². The summed E-state index contributed by atoms with van der Waals surface area (Å²) in [7, 11) is 0. The molecule has 1 atom stereocenters. The van der Waals surface area contributed by atoms with E-state index in [1.807, 2.05) is 31.4 Å². The summed E-state index contributed by atoms with van der Waals surface area (Å²) in [5.74, 6) is 0.713. The first kappa shape index (κ1) is 18.1. The Morgan fingerprint density at radius 1 is 1.33 bits per heavy atom. The van der Waals surface area contributed by atoms with Crippen LogP contribution >= 0.6 is 11.3 Å². The van der Waals surface area contributed by atoms with Gasteiger partial charge in [-0.05, 0) is 57.9 Å². The number of aromatic nitrogens is 4. The van der Waals surface area contributed by atoms with Gasteiger partial charge in [0.25, 0.3) is 0 Å². The largest absolute Gasteiger partial charge is 0.302 e. The van der Waals surface area contributed by atoms with Gasteiger partial charge >= 0.3 is 0 Å². The molecular weight excluding hydrogens is 358 g/mol. The molecule has 3 heterocycles. The molecule has 27 heavy (non-hydrogen) atoms. The highest BCUT2D eigenvalue weighted by molar-refractivity contribution is 7.15. The summed E-state index contributed by atoms with van der Waals surface area (Å²) in [6, 6.07) is 1.97. The number of thiazole rings is 1. The van der Waals surface area contributed by atoms with Crippen molar-refractivity contribution in [3.8, 4) is 0 Å². The molecule has 4 rings (SSSR count). The highest BCUT2D eigenvalue weighted by Crippen LogP contribution is 2.32. The van der Waals surface area contributed by atoms with Crippen molar-refractivity contribution in [2.24, 2.45) is 5.92 Å². The van der Waals surface area contributed by atoms with Crippen molar-refractivity contribution in [1.82, 2.24) is 19.6 Å². The van der Waals surface area contributed by atoms with E-state index in [9.17, 15) is 4.79 Å². The van der Waals surface area contributed by atoms with Gasteiger partial charge in [0.1, 0.15) is 0 Å². The summed E-state index contributed by atoms with van der Waals surface area (Å²) in [4.78, 5) is 23.0. The van der Waals surface area contributed by atoms with Crippen LogP contribution in [0.3, 0.4) is 0 Å². The molecule has 0 bridgehead atoms. The zero-order valence-electron chi connectivity index (χ0n) is 16.3. The maximum Gasteiger partial charge on any atom is 0.226 e. The molecule has 1 aliphatic rings. The zero-order chi connectivity index (χ0) is 19.1.